The first-order chi connectivity index (χ1) is 15.7. The van der Waals surface area contributed by atoms with Gasteiger partial charge in [-0.15, -0.1) is 5.10 Å². The van der Waals surface area contributed by atoms with Crippen molar-refractivity contribution in [1.82, 2.24) is 10.2 Å². The highest BCUT2D eigenvalue weighted by Gasteiger charge is 2.14. The van der Waals surface area contributed by atoms with E-state index in [1.807, 2.05) is 48.5 Å². The van der Waals surface area contributed by atoms with Crippen LogP contribution in [-0.2, 0) is 0 Å². The number of hydrogen-bond donors (Lipinski definition) is 2. The number of phenols is 1. The summed E-state index contributed by atoms with van der Waals surface area (Å²) < 4.78 is 10.6. The maximum atomic E-state index is 12.7. The second-order valence-corrected chi connectivity index (χ2v) is 7.05. The van der Waals surface area contributed by atoms with Crippen LogP contribution in [0.5, 0.6) is 5.75 Å². The van der Waals surface area contributed by atoms with Gasteiger partial charge in [0.2, 0.25) is 0 Å². The molecule has 2 N–H and O–H groups in total. The van der Waals surface area contributed by atoms with Crippen LogP contribution in [0.25, 0.3) is 33.9 Å². The molecule has 0 bridgehead atoms. The zero-order valence-electron chi connectivity index (χ0n) is 16.7. The van der Waals surface area contributed by atoms with Gasteiger partial charge in [0.25, 0.3) is 11.8 Å². The molecule has 156 valence electrons. The van der Waals surface area contributed by atoms with E-state index < -0.39 is 0 Å². The van der Waals surface area contributed by atoms with Crippen molar-refractivity contribution < 1.29 is 18.7 Å². The van der Waals surface area contributed by atoms with Gasteiger partial charge in [-0.1, -0.05) is 53.6 Å². The highest BCUT2D eigenvalue weighted by Crippen LogP contribution is 2.27. The van der Waals surface area contributed by atoms with E-state index in [0.717, 1.165) is 22.3 Å². The molecule has 0 radical (unpaired) electrons. The van der Waals surface area contributed by atoms with E-state index in [2.05, 4.69) is 15.5 Å². The number of furan rings is 1. The average molecular weight is 423 g/mol. The molecular weight excluding hydrogens is 406 g/mol. The van der Waals surface area contributed by atoms with E-state index in [1.54, 1.807) is 36.4 Å². The van der Waals surface area contributed by atoms with Crippen LogP contribution >= 0.6 is 0 Å². The largest absolute Gasteiger partial charge is 0.508 e. The molecule has 32 heavy (non-hydrogen) atoms. The van der Waals surface area contributed by atoms with Crippen molar-refractivity contribution in [2.45, 2.75) is 0 Å². The molecule has 1 amide bonds. The molecule has 3 aromatic carbocycles. The van der Waals surface area contributed by atoms with Crippen LogP contribution in [0.3, 0.4) is 0 Å². The Morgan fingerprint density at radius 1 is 0.781 bits per heavy atom. The number of rotatable bonds is 5. The van der Waals surface area contributed by atoms with Crippen LogP contribution in [0.1, 0.15) is 10.4 Å². The summed E-state index contributed by atoms with van der Waals surface area (Å²) in [7, 11) is 0. The number of aromatic hydroxyl groups is 1. The van der Waals surface area contributed by atoms with Crippen LogP contribution in [-0.4, -0.2) is 21.2 Å². The van der Waals surface area contributed by atoms with Gasteiger partial charge < -0.3 is 13.9 Å². The molecule has 2 heterocycles. The van der Waals surface area contributed by atoms with Gasteiger partial charge in [-0.25, -0.2) is 0 Å². The molecule has 0 aliphatic heterocycles. The van der Waals surface area contributed by atoms with E-state index in [4.69, 9.17) is 8.83 Å². The standard InChI is InChI=1S/C25H17N3O4/c29-21-7-2-5-19(15-21)17-11-9-16(10-12-17)18-4-1-6-20(14-18)23(30)26-25-28-27-24(32-25)22-8-3-13-31-22/h1-15,29H,(H,26,28,30). The summed E-state index contributed by atoms with van der Waals surface area (Å²) >= 11 is 0. The average Bonchev–Trinajstić information content (AvgIpc) is 3.51. The number of amides is 1. The first-order valence-electron chi connectivity index (χ1n) is 9.84. The van der Waals surface area contributed by atoms with Gasteiger partial charge in [0.05, 0.1) is 6.26 Å². The first kappa shape index (κ1) is 19.3. The fourth-order valence-electron chi connectivity index (χ4n) is 3.32. The maximum Gasteiger partial charge on any atom is 0.322 e. The quantitative estimate of drug-likeness (QED) is 0.380. The number of anilines is 1. The number of hydrogen-bond acceptors (Lipinski definition) is 6. The van der Waals surface area contributed by atoms with Crippen molar-refractivity contribution in [2.75, 3.05) is 5.32 Å². The Morgan fingerprint density at radius 2 is 1.50 bits per heavy atom. The van der Waals surface area contributed by atoms with Crippen LogP contribution in [0.15, 0.2) is 100 Å². The van der Waals surface area contributed by atoms with Crippen molar-refractivity contribution in [3.8, 4) is 39.7 Å². The smallest absolute Gasteiger partial charge is 0.322 e. The molecule has 7 nitrogen and oxygen atoms in total. The van der Waals surface area contributed by atoms with E-state index >= 15 is 0 Å². The Hall–Kier alpha value is -4.65. The van der Waals surface area contributed by atoms with Gasteiger partial charge in [-0.3, -0.25) is 10.1 Å². The van der Waals surface area contributed by atoms with Crippen molar-refractivity contribution in [3.63, 3.8) is 0 Å². The summed E-state index contributed by atoms with van der Waals surface area (Å²) in [6.07, 6.45) is 1.50. The summed E-state index contributed by atoms with van der Waals surface area (Å²) in [4.78, 5) is 12.7. The SMILES string of the molecule is O=C(Nc1nnc(-c2ccco2)o1)c1cccc(-c2ccc(-c3cccc(O)c3)cc2)c1. The Balaban J connectivity index is 1.33. The third-order valence-corrected chi connectivity index (χ3v) is 4.90. The summed E-state index contributed by atoms with van der Waals surface area (Å²) in [5.41, 5.74) is 4.22. The van der Waals surface area contributed by atoms with Crippen molar-refractivity contribution in [2.24, 2.45) is 0 Å². The lowest BCUT2D eigenvalue weighted by Crippen LogP contribution is -2.12. The number of phenolic OH excluding ortho intramolecular Hbond substituents is 1. The molecule has 2 aromatic heterocycles. The Bertz CT molecular complexity index is 1370. The fraction of sp³-hybridized carbons (Fsp3) is 0. The van der Waals surface area contributed by atoms with Gasteiger partial charge in [-0.05, 0) is 58.7 Å². The van der Waals surface area contributed by atoms with Gasteiger partial charge in [0.15, 0.2) is 5.76 Å². The van der Waals surface area contributed by atoms with E-state index in [0.29, 0.717) is 11.3 Å². The van der Waals surface area contributed by atoms with Crippen molar-refractivity contribution in [3.05, 3.63) is 96.8 Å². The van der Waals surface area contributed by atoms with Gasteiger partial charge in [0.1, 0.15) is 5.75 Å². The topological polar surface area (TPSA) is 101 Å². The summed E-state index contributed by atoms with van der Waals surface area (Å²) in [5, 5.41) is 20.0. The van der Waals surface area contributed by atoms with Gasteiger partial charge >= 0.3 is 6.01 Å². The first-order valence-corrected chi connectivity index (χ1v) is 9.84. The van der Waals surface area contributed by atoms with E-state index in [9.17, 15) is 9.90 Å². The molecule has 5 aromatic rings. The zero-order chi connectivity index (χ0) is 21.9. The Kier molecular flexibility index (Phi) is 4.97. The molecule has 0 fully saturated rings. The summed E-state index contributed by atoms with van der Waals surface area (Å²) in [5.74, 6) is 0.473. The van der Waals surface area contributed by atoms with E-state index in [-0.39, 0.29) is 23.6 Å². The number of benzene rings is 3. The third kappa shape index (κ3) is 3.99. The maximum absolute atomic E-state index is 12.7. The number of nitrogens with one attached hydrogen (secondary N) is 1. The minimum absolute atomic E-state index is 0.0118. The molecule has 5 rings (SSSR count). The van der Waals surface area contributed by atoms with Gasteiger partial charge in [0, 0.05) is 5.56 Å². The predicted molar refractivity (Wildman–Crippen MR) is 119 cm³/mol. The lowest BCUT2D eigenvalue weighted by atomic mass is 9.99. The van der Waals surface area contributed by atoms with Crippen molar-refractivity contribution >= 4 is 11.9 Å². The molecule has 0 unspecified atom stereocenters. The summed E-state index contributed by atoms with van der Waals surface area (Å²) in [6.45, 7) is 0. The van der Waals surface area contributed by atoms with Gasteiger partial charge in [-0.2, -0.15) is 0 Å². The number of carbonyl (C=O) groups excluding carboxylic acids is 1. The molecule has 0 atom stereocenters. The lowest BCUT2D eigenvalue weighted by Gasteiger charge is -2.07. The third-order valence-electron chi connectivity index (χ3n) is 4.90. The molecule has 0 aliphatic carbocycles. The number of aromatic nitrogens is 2. The summed E-state index contributed by atoms with van der Waals surface area (Å²) in [6, 6.07) is 25.6. The van der Waals surface area contributed by atoms with Crippen LogP contribution in [0, 0.1) is 0 Å². The second-order valence-electron chi connectivity index (χ2n) is 7.05. The number of carbonyl (C=O) groups is 1. The Morgan fingerprint density at radius 3 is 2.19 bits per heavy atom. The zero-order valence-corrected chi connectivity index (χ0v) is 16.7. The minimum Gasteiger partial charge on any atom is -0.508 e. The molecule has 0 saturated carbocycles. The normalized spacial score (nSPS) is 10.8. The molecular formula is C25H17N3O4. The van der Waals surface area contributed by atoms with E-state index in [1.165, 1.54) is 6.26 Å². The molecule has 7 heteroatoms. The predicted octanol–water partition coefficient (Wildman–Crippen LogP) is 5.62. The van der Waals surface area contributed by atoms with Crippen LogP contribution < -0.4 is 5.32 Å². The second kappa shape index (κ2) is 8.23. The highest BCUT2D eigenvalue weighted by molar-refractivity contribution is 6.03. The monoisotopic (exact) mass is 423 g/mol. The molecule has 0 saturated heterocycles. The lowest BCUT2D eigenvalue weighted by molar-refractivity contribution is 0.102. The molecule has 0 aliphatic rings. The number of nitrogens with zero attached hydrogens (tertiary/aromatic N) is 2. The van der Waals surface area contributed by atoms with Crippen molar-refractivity contribution in [1.29, 1.82) is 0 Å². The highest BCUT2D eigenvalue weighted by atomic mass is 16.4. The Labute approximate surface area is 183 Å². The van der Waals surface area contributed by atoms with Crippen LogP contribution in [0.4, 0.5) is 6.01 Å². The fourth-order valence-corrected chi connectivity index (χ4v) is 3.32. The minimum atomic E-state index is -0.363. The molecule has 0 spiro atoms. The van der Waals surface area contributed by atoms with Crippen LogP contribution in [0.2, 0.25) is 0 Å².